The van der Waals surface area contributed by atoms with Gasteiger partial charge in [0.2, 0.25) is 5.60 Å². The van der Waals surface area contributed by atoms with Crippen molar-refractivity contribution in [2.24, 2.45) is 0 Å². The molecule has 0 saturated carbocycles. The summed E-state index contributed by atoms with van der Waals surface area (Å²) in [5.74, 6) is -1.60. The molecule has 3 rings (SSSR count). The Labute approximate surface area is 160 Å². The fourth-order valence-electron chi connectivity index (χ4n) is 2.79. The van der Waals surface area contributed by atoms with Crippen LogP contribution >= 0.6 is 11.3 Å². The molecule has 2 heterocycles. The fourth-order valence-corrected chi connectivity index (χ4v) is 5.36. The third kappa shape index (κ3) is 3.39. The summed E-state index contributed by atoms with van der Waals surface area (Å²) in [4.78, 5) is 15.7. The first-order valence-corrected chi connectivity index (χ1v) is 10.4. The van der Waals surface area contributed by atoms with Gasteiger partial charge >= 0.3 is 5.97 Å². The van der Waals surface area contributed by atoms with Crippen molar-refractivity contribution in [3.05, 3.63) is 71.2 Å². The van der Waals surface area contributed by atoms with Crippen molar-refractivity contribution in [1.82, 2.24) is 4.98 Å². The van der Waals surface area contributed by atoms with Crippen molar-refractivity contribution in [2.75, 3.05) is 0 Å². The maximum Gasteiger partial charge on any atom is 0.342 e. The third-order valence-corrected chi connectivity index (χ3v) is 7.67. The van der Waals surface area contributed by atoms with Gasteiger partial charge in [-0.2, -0.15) is 0 Å². The second kappa shape index (κ2) is 7.22. The van der Waals surface area contributed by atoms with Gasteiger partial charge in [0.1, 0.15) is 5.25 Å². The first kappa shape index (κ1) is 19.2. The molecule has 0 amide bonds. The molecule has 2 unspecified atom stereocenters. The standard InChI is InChI=1S/C19H17NO5S2/c1-13(19(23,18(21)22)17-3-2-12-26-17)27(24,25)16-6-4-14(5-7-16)15-8-10-20-11-9-15/h2-13,23H,1H3,(H,21,22). The van der Waals surface area contributed by atoms with E-state index in [1.54, 1.807) is 48.1 Å². The molecule has 27 heavy (non-hydrogen) atoms. The Bertz CT molecular complexity index is 1030. The minimum Gasteiger partial charge on any atom is -0.479 e. The third-order valence-electron chi connectivity index (χ3n) is 4.47. The van der Waals surface area contributed by atoms with Crippen molar-refractivity contribution < 1.29 is 23.4 Å². The number of hydrogen-bond acceptors (Lipinski definition) is 6. The van der Waals surface area contributed by atoms with E-state index in [4.69, 9.17) is 0 Å². The largest absolute Gasteiger partial charge is 0.479 e. The highest BCUT2D eigenvalue weighted by molar-refractivity contribution is 7.92. The number of benzene rings is 1. The van der Waals surface area contributed by atoms with Crippen LogP contribution in [0.2, 0.25) is 0 Å². The molecule has 140 valence electrons. The lowest BCUT2D eigenvalue weighted by atomic mass is 9.98. The van der Waals surface area contributed by atoms with Crippen molar-refractivity contribution in [3.8, 4) is 11.1 Å². The SMILES string of the molecule is CC(C(O)(C(=O)O)c1cccs1)S(=O)(=O)c1ccc(-c2ccncc2)cc1. The van der Waals surface area contributed by atoms with Gasteiger partial charge in [0.25, 0.3) is 0 Å². The van der Waals surface area contributed by atoms with Crippen LogP contribution in [-0.4, -0.2) is 34.8 Å². The van der Waals surface area contributed by atoms with Gasteiger partial charge < -0.3 is 10.2 Å². The number of aliphatic carboxylic acids is 1. The zero-order valence-corrected chi connectivity index (χ0v) is 15.9. The number of pyridine rings is 1. The smallest absolute Gasteiger partial charge is 0.342 e. The maximum atomic E-state index is 13.0. The molecule has 0 radical (unpaired) electrons. The summed E-state index contributed by atoms with van der Waals surface area (Å²) >= 11 is 0.996. The number of carbonyl (C=O) groups is 1. The minimum atomic E-state index is -4.10. The number of aliphatic hydroxyl groups is 1. The predicted molar refractivity (Wildman–Crippen MR) is 102 cm³/mol. The quantitative estimate of drug-likeness (QED) is 0.656. The molecule has 1 aromatic carbocycles. The highest BCUT2D eigenvalue weighted by Gasteiger charge is 2.51. The highest BCUT2D eigenvalue weighted by atomic mass is 32.2. The lowest BCUT2D eigenvalue weighted by Crippen LogP contribution is -2.48. The van der Waals surface area contributed by atoms with Crippen LogP contribution in [0.15, 0.2) is 71.2 Å². The molecule has 0 aliphatic heterocycles. The minimum absolute atomic E-state index is 0.0518. The van der Waals surface area contributed by atoms with Crippen LogP contribution in [0.5, 0.6) is 0 Å². The average molecular weight is 403 g/mol. The monoisotopic (exact) mass is 403 g/mol. The van der Waals surface area contributed by atoms with Gasteiger partial charge in [-0.1, -0.05) is 18.2 Å². The molecule has 0 bridgehead atoms. The number of nitrogens with zero attached hydrogens (tertiary/aromatic N) is 1. The Balaban J connectivity index is 1.99. The summed E-state index contributed by atoms with van der Waals surface area (Å²) in [6, 6.07) is 12.7. The van der Waals surface area contributed by atoms with E-state index in [0.717, 1.165) is 22.5 Å². The van der Waals surface area contributed by atoms with Crippen LogP contribution in [0.1, 0.15) is 11.8 Å². The first-order chi connectivity index (χ1) is 12.8. The van der Waals surface area contributed by atoms with Crippen LogP contribution < -0.4 is 0 Å². The zero-order chi connectivity index (χ0) is 19.7. The van der Waals surface area contributed by atoms with Gasteiger partial charge in [-0.05, 0) is 53.8 Å². The molecule has 8 heteroatoms. The second-order valence-corrected chi connectivity index (χ2v) is 9.21. The molecule has 0 spiro atoms. The van der Waals surface area contributed by atoms with Crippen LogP contribution in [-0.2, 0) is 20.2 Å². The summed E-state index contributed by atoms with van der Waals surface area (Å²) in [5, 5.41) is 20.3. The number of hydrogen-bond donors (Lipinski definition) is 2. The Hall–Kier alpha value is -2.55. The Kier molecular flexibility index (Phi) is 5.14. The van der Waals surface area contributed by atoms with Crippen LogP contribution in [0.4, 0.5) is 0 Å². The summed E-state index contributed by atoms with van der Waals surface area (Å²) in [7, 11) is -4.10. The molecule has 0 aliphatic carbocycles. The Morgan fingerprint density at radius 2 is 1.67 bits per heavy atom. The van der Waals surface area contributed by atoms with Gasteiger partial charge in [-0.15, -0.1) is 11.3 Å². The average Bonchev–Trinajstić information content (AvgIpc) is 3.22. The Morgan fingerprint density at radius 3 is 2.19 bits per heavy atom. The van der Waals surface area contributed by atoms with Crippen LogP contribution in [0, 0.1) is 0 Å². The Morgan fingerprint density at radius 1 is 1.07 bits per heavy atom. The number of sulfone groups is 1. The lowest BCUT2D eigenvalue weighted by molar-refractivity contribution is -0.159. The topological polar surface area (TPSA) is 105 Å². The van der Waals surface area contributed by atoms with E-state index < -0.39 is 26.7 Å². The molecular formula is C19H17NO5S2. The van der Waals surface area contributed by atoms with E-state index in [2.05, 4.69) is 4.98 Å². The highest BCUT2D eigenvalue weighted by Crippen LogP contribution is 2.36. The van der Waals surface area contributed by atoms with Gasteiger partial charge in [0.15, 0.2) is 9.84 Å². The molecule has 2 atom stereocenters. The first-order valence-electron chi connectivity index (χ1n) is 8.02. The zero-order valence-electron chi connectivity index (χ0n) is 14.3. The van der Waals surface area contributed by atoms with Gasteiger partial charge in [0, 0.05) is 17.3 Å². The maximum absolute atomic E-state index is 13.0. The predicted octanol–water partition coefficient (Wildman–Crippen LogP) is 2.94. The fraction of sp³-hybridized carbons (Fsp3) is 0.158. The van der Waals surface area contributed by atoms with E-state index in [9.17, 15) is 23.4 Å². The van der Waals surface area contributed by atoms with E-state index in [1.165, 1.54) is 25.1 Å². The molecule has 0 saturated heterocycles. The molecule has 6 nitrogen and oxygen atoms in total. The van der Waals surface area contributed by atoms with E-state index >= 15 is 0 Å². The van der Waals surface area contributed by atoms with Gasteiger partial charge in [-0.25, -0.2) is 13.2 Å². The van der Waals surface area contributed by atoms with Crippen LogP contribution in [0.25, 0.3) is 11.1 Å². The van der Waals surface area contributed by atoms with E-state index in [0.29, 0.717) is 0 Å². The number of rotatable bonds is 6. The van der Waals surface area contributed by atoms with Crippen LogP contribution in [0.3, 0.4) is 0 Å². The normalized spacial score (nSPS) is 15.0. The number of thiophene rings is 1. The summed E-state index contributed by atoms with van der Waals surface area (Å²) in [5.41, 5.74) is -0.852. The molecular weight excluding hydrogens is 386 g/mol. The number of carboxylic acid groups (broad SMARTS) is 1. The molecule has 3 aromatic rings. The number of carboxylic acids is 1. The van der Waals surface area contributed by atoms with Crippen molar-refractivity contribution in [1.29, 1.82) is 0 Å². The van der Waals surface area contributed by atoms with Gasteiger partial charge in [0.05, 0.1) is 4.90 Å². The van der Waals surface area contributed by atoms with Crippen molar-refractivity contribution in [2.45, 2.75) is 22.7 Å². The molecule has 0 fully saturated rings. The second-order valence-electron chi connectivity index (χ2n) is 6.00. The van der Waals surface area contributed by atoms with Crippen molar-refractivity contribution >= 4 is 27.1 Å². The number of aromatic nitrogens is 1. The molecule has 0 aliphatic rings. The van der Waals surface area contributed by atoms with Gasteiger partial charge in [-0.3, -0.25) is 4.98 Å². The summed E-state index contributed by atoms with van der Waals surface area (Å²) in [6.45, 7) is 1.21. The lowest BCUT2D eigenvalue weighted by Gasteiger charge is -2.28. The summed E-state index contributed by atoms with van der Waals surface area (Å²) < 4.78 is 26.0. The van der Waals surface area contributed by atoms with E-state index in [-0.39, 0.29) is 9.77 Å². The molecule has 2 N–H and O–H groups in total. The molecule has 2 aromatic heterocycles. The van der Waals surface area contributed by atoms with E-state index in [1.807, 2.05) is 0 Å². The van der Waals surface area contributed by atoms with Crippen molar-refractivity contribution in [3.63, 3.8) is 0 Å². The summed E-state index contributed by atoms with van der Waals surface area (Å²) in [6.07, 6.45) is 3.27.